The summed E-state index contributed by atoms with van der Waals surface area (Å²) in [6.45, 7) is 8.07. The zero-order chi connectivity index (χ0) is 25.2. The van der Waals surface area contributed by atoms with Gasteiger partial charge in [-0.3, -0.25) is 28.5 Å². The van der Waals surface area contributed by atoms with E-state index in [0.717, 1.165) is 11.0 Å². The quantitative estimate of drug-likeness (QED) is 0.450. The Bertz CT molecular complexity index is 1460. The second-order valence-electron chi connectivity index (χ2n) is 8.55. The van der Waals surface area contributed by atoms with Gasteiger partial charge in [-0.15, -0.1) is 0 Å². The fraction of sp³-hybridized carbons (Fsp3) is 0.435. The molecule has 34 heavy (non-hydrogen) atoms. The monoisotopic (exact) mass is 470 g/mol. The van der Waals surface area contributed by atoms with Gasteiger partial charge < -0.3 is 15.6 Å². The fourth-order valence-electron chi connectivity index (χ4n) is 3.85. The summed E-state index contributed by atoms with van der Waals surface area (Å²) >= 11 is 0. The zero-order valence-electron chi connectivity index (χ0n) is 19.8. The number of anilines is 2. The summed E-state index contributed by atoms with van der Waals surface area (Å²) in [6, 6.07) is 4.34. The first-order valence-corrected chi connectivity index (χ1v) is 11.3. The predicted molar refractivity (Wildman–Crippen MR) is 132 cm³/mol. The molecule has 0 unspecified atom stereocenters. The molecule has 182 valence electrons. The molecule has 11 heteroatoms. The molecule has 0 aliphatic heterocycles. The maximum Gasteiger partial charge on any atom is 0.330 e. The largest absolute Gasteiger partial charge is 0.383 e. The van der Waals surface area contributed by atoms with Crippen LogP contribution in [0.25, 0.3) is 10.9 Å². The Kier molecular flexibility index (Phi) is 7.23. The molecule has 0 spiro atoms. The smallest absolute Gasteiger partial charge is 0.330 e. The standard InChI is InChI=1S/C23H30N6O5/c1-5-7-10-28-18(24)17(19(30)26-23(28)34)29(12-13(3)4)20(31)14-8-9-15-16(11-14)25-22(33)27(6-2)21(15)32/h8-9,11,13H,5-7,10,12,24H2,1-4H3,(H,25,33)(H,26,30,34). The van der Waals surface area contributed by atoms with Crippen LogP contribution in [0.3, 0.4) is 0 Å². The summed E-state index contributed by atoms with van der Waals surface area (Å²) in [4.78, 5) is 69.6. The molecular weight excluding hydrogens is 440 g/mol. The van der Waals surface area contributed by atoms with Gasteiger partial charge in [0.15, 0.2) is 5.69 Å². The van der Waals surface area contributed by atoms with Gasteiger partial charge in [0.05, 0.1) is 10.9 Å². The molecule has 0 fully saturated rings. The summed E-state index contributed by atoms with van der Waals surface area (Å²) in [5.41, 5.74) is 4.07. The summed E-state index contributed by atoms with van der Waals surface area (Å²) in [7, 11) is 0. The Labute approximate surface area is 194 Å². The number of nitrogen functional groups attached to an aromatic ring is 1. The number of fused-ring (bicyclic) bond motifs is 1. The van der Waals surface area contributed by atoms with Crippen LogP contribution >= 0.6 is 0 Å². The Morgan fingerprint density at radius 2 is 1.74 bits per heavy atom. The summed E-state index contributed by atoms with van der Waals surface area (Å²) in [5, 5.41) is 0.263. The first-order valence-electron chi connectivity index (χ1n) is 11.3. The number of nitrogens with two attached hydrogens (primary N) is 1. The van der Waals surface area contributed by atoms with Crippen LogP contribution in [-0.2, 0) is 13.1 Å². The Hall–Kier alpha value is -3.89. The van der Waals surface area contributed by atoms with Crippen LogP contribution in [-0.4, -0.2) is 31.6 Å². The minimum Gasteiger partial charge on any atom is -0.383 e. The van der Waals surface area contributed by atoms with Crippen LogP contribution in [0.15, 0.2) is 37.4 Å². The molecular formula is C23H30N6O5. The number of nitrogens with zero attached hydrogens (tertiary/aromatic N) is 3. The lowest BCUT2D eigenvalue weighted by atomic mass is 10.1. The number of nitrogens with one attached hydrogen (secondary N) is 2. The summed E-state index contributed by atoms with van der Waals surface area (Å²) in [6.07, 6.45) is 1.48. The van der Waals surface area contributed by atoms with Crippen molar-refractivity contribution in [3.8, 4) is 0 Å². The van der Waals surface area contributed by atoms with Gasteiger partial charge in [0.2, 0.25) is 0 Å². The number of hydrogen-bond donors (Lipinski definition) is 3. The van der Waals surface area contributed by atoms with Crippen molar-refractivity contribution in [2.75, 3.05) is 17.2 Å². The second-order valence-corrected chi connectivity index (χ2v) is 8.55. The Morgan fingerprint density at radius 1 is 1.06 bits per heavy atom. The van der Waals surface area contributed by atoms with E-state index in [-0.39, 0.29) is 47.0 Å². The SMILES string of the molecule is CCCCn1c(N)c(N(CC(C)C)C(=O)c2ccc3c(=O)n(CC)c(=O)[nH]c3c2)c(=O)[nH]c1=O. The van der Waals surface area contributed by atoms with Crippen molar-refractivity contribution in [2.24, 2.45) is 5.92 Å². The van der Waals surface area contributed by atoms with Gasteiger partial charge in [-0.25, -0.2) is 9.59 Å². The van der Waals surface area contributed by atoms with Crippen molar-refractivity contribution < 1.29 is 4.79 Å². The molecule has 0 saturated heterocycles. The van der Waals surface area contributed by atoms with Crippen molar-refractivity contribution in [2.45, 2.75) is 53.6 Å². The number of hydrogen-bond acceptors (Lipinski definition) is 6. The normalized spacial score (nSPS) is 11.3. The van der Waals surface area contributed by atoms with Crippen molar-refractivity contribution >= 4 is 28.3 Å². The van der Waals surface area contributed by atoms with E-state index in [1.807, 2.05) is 20.8 Å². The Morgan fingerprint density at radius 3 is 2.35 bits per heavy atom. The molecule has 3 aromatic rings. The van der Waals surface area contributed by atoms with Crippen LogP contribution in [0.4, 0.5) is 11.5 Å². The van der Waals surface area contributed by atoms with E-state index in [2.05, 4.69) is 9.97 Å². The molecule has 0 radical (unpaired) electrons. The highest BCUT2D eigenvalue weighted by atomic mass is 16.2. The van der Waals surface area contributed by atoms with Gasteiger partial charge in [0.25, 0.3) is 17.0 Å². The molecule has 0 atom stereocenters. The van der Waals surface area contributed by atoms with Gasteiger partial charge in [0.1, 0.15) is 5.82 Å². The van der Waals surface area contributed by atoms with E-state index in [1.54, 1.807) is 6.92 Å². The van der Waals surface area contributed by atoms with Crippen molar-refractivity contribution in [3.63, 3.8) is 0 Å². The number of unbranched alkanes of at least 4 members (excludes halogenated alkanes) is 1. The highest BCUT2D eigenvalue weighted by Crippen LogP contribution is 2.22. The molecule has 0 bridgehead atoms. The number of rotatable bonds is 8. The maximum absolute atomic E-state index is 13.6. The molecule has 0 aliphatic carbocycles. The molecule has 3 rings (SSSR count). The second kappa shape index (κ2) is 9.94. The van der Waals surface area contributed by atoms with Gasteiger partial charge in [-0.1, -0.05) is 27.2 Å². The number of aromatic amines is 2. The lowest BCUT2D eigenvalue weighted by molar-refractivity contribution is 0.0983. The van der Waals surface area contributed by atoms with Crippen LogP contribution in [0, 0.1) is 5.92 Å². The number of carbonyl (C=O) groups is 1. The molecule has 2 heterocycles. The zero-order valence-corrected chi connectivity index (χ0v) is 19.8. The number of amides is 1. The molecule has 1 amide bonds. The van der Waals surface area contributed by atoms with E-state index in [0.29, 0.717) is 13.0 Å². The number of benzene rings is 1. The third-order valence-corrected chi connectivity index (χ3v) is 5.56. The molecule has 0 saturated carbocycles. The number of H-pyrrole nitrogens is 2. The molecule has 2 aromatic heterocycles. The average Bonchev–Trinajstić information content (AvgIpc) is 2.77. The van der Waals surface area contributed by atoms with Crippen LogP contribution in [0.5, 0.6) is 0 Å². The molecule has 11 nitrogen and oxygen atoms in total. The van der Waals surface area contributed by atoms with Gasteiger partial charge in [0, 0.05) is 25.2 Å². The molecule has 4 N–H and O–H groups in total. The van der Waals surface area contributed by atoms with Crippen LogP contribution in [0.2, 0.25) is 0 Å². The van der Waals surface area contributed by atoms with Crippen LogP contribution < -0.4 is 33.1 Å². The van der Waals surface area contributed by atoms with Crippen molar-refractivity contribution in [1.29, 1.82) is 0 Å². The van der Waals surface area contributed by atoms with Gasteiger partial charge >= 0.3 is 11.4 Å². The van der Waals surface area contributed by atoms with Gasteiger partial charge in [-0.2, -0.15) is 0 Å². The third-order valence-electron chi connectivity index (χ3n) is 5.56. The highest BCUT2D eigenvalue weighted by molar-refractivity contribution is 6.08. The van der Waals surface area contributed by atoms with E-state index in [4.69, 9.17) is 5.73 Å². The minimum absolute atomic E-state index is 0.0317. The molecule has 0 aliphatic rings. The topological polar surface area (TPSA) is 156 Å². The van der Waals surface area contributed by atoms with E-state index in [1.165, 1.54) is 27.7 Å². The lowest BCUT2D eigenvalue weighted by Crippen LogP contribution is -2.42. The molecule has 1 aromatic carbocycles. The number of carbonyl (C=O) groups excluding carboxylic acids is 1. The van der Waals surface area contributed by atoms with Crippen LogP contribution in [0.1, 0.15) is 50.9 Å². The Balaban J connectivity index is 2.18. The average molecular weight is 471 g/mol. The summed E-state index contributed by atoms with van der Waals surface area (Å²) < 4.78 is 2.32. The van der Waals surface area contributed by atoms with Crippen molar-refractivity contribution in [3.05, 3.63) is 65.4 Å². The number of aromatic nitrogens is 4. The van der Waals surface area contributed by atoms with E-state index in [9.17, 15) is 24.0 Å². The maximum atomic E-state index is 13.6. The first-order chi connectivity index (χ1) is 16.1. The fourth-order valence-corrected chi connectivity index (χ4v) is 3.85. The minimum atomic E-state index is -0.760. The van der Waals surface area contributed by atoms with Crippen molar-refractivity contribution in [1.82, 2.24) is 19.1 Å². The van der Waals surface area contributed by atoms with E-state index >= 15 is 0 Å². The highest BCUT2D eigenvalue weighted by Gasteiger charge is 2.26. The van der Waals surface area contributed by atoms with Gasteiger partial charge in [-0.05, 0) is 37.5 Å². The van der Waals surface area contributed by atoms with E-state index < -0.39 is 28.4 Å². The third kappa shape index (κ3) is 4.59. The lowest BCUT2D eigenvalue weighted by Gasteiger charge is -2.26. The first kappa shape index (κ1) is 24.7. The predicted octanol–water partition coefficient (Wildman–Crippen LogP) is 1.24. The summed E-state index contributed by atoms with van der Waals surface area (Å²) in [5.74, 6) is -0.666.